The first-order chi connectivity index (χ1) is 12.4. The standard InChI is InChI=1S/C20H26N4O2/c1-14-6-7-18(15(2)10-14)23-20(26)17-11-16(12-21-13-17)19(25)22-8-5-9-24(3)4/h6-7,10-13H,5,8-9H2,1-4H3,(H,22,25)(H,23,26). The number of pyridine rings is 1. The van der Waals surface area contributed by atoms with E-state index < -0.39 is 0 Å². The number of amides is 2. The Kier molecular flexibility index (Phi) is 6.86. The molecule has 2 aromatic rings. The number of aromatic nitrogens is 1. The molecule has 0 aliphatic heterocycles. The second-order valence-corrected chi connectivity index (χ2v) is 6.65. The normalized spacial score (nSPS) is 10.7. The predicted octanol–water partition coefficient (Wildman–Crippen LogP) is 2.63. The Bertz CT molecular complexity index is 787. The number of hydrogen-bond donors (Lipinski definition) is 2. The Morgan fingerprint density at radius 1 is 1.04 bits per heavy atom. The van der Waals surface area contributed by atoms with Gasteiger partial charge in [-0.2, -0.15) is 0 Å². The fraction of sp³-hybridized carbons (Fsp3) is 0.350. The summed E-state index contributed by atoms with van der Waals surface area (Å²) < 4.78 is 0. The fourth-order valence-corrected chi connectivity index (χ4v) is 2.54. The van der Waals surface area contributed by atoms with E-state index in [0.717, 1.165) is 29.8 Å². The van der Waals surface area contributed by atoms with E-state index in [1.165, 1.54) is 12.4 Å². The van der Waals surface area contributed by atoms with Crippen LogP contribution in [0.1, 0.15) is 38.3 Å². The van der Waals surface area contributed by atoms with Gasteiger partial charge in [0, 0.05) is 24.6 Å². The molecule has 6 heteroatoms. The summed E-state index contributed by atoms with van der Waals surface area (Å²) in [6.07, 6.45) is 3.79. The van der Waals surface area contributed by atoms with Crippen molar-refractivity contribution in [3.05, 3.63) is 58.9 Å². The van der Waals surface area contributed by atoms with E-state index in [1.807, 2.05) is 46.1 Å². The molecule has 0 aliphatic rings. The zero-order chi connectivity index (χ0) is 19.1. The smallest absolute Gasteiger partial charge is 0.257 e. The van der Waals surface area contributed by atoms with E-state index >= 15 is 0 Å². The third kappa shape index (κ3) is 5.67. The highest BCUT2D eigenvalue weighted by Crippen LogP contribution is 2.17. The highest BCUT2D eigenvalue weighted by Gasteiger charge is 2.12. The van der Waals surface area contributed by atoms with Gasteiger partial charge in [-0.3, -0.25) is 14.6 Å². The number of hydrogen-bond acceptors (Lipinski definition) is 4. The number of anilines is 1. The van der Waals surface area contributed by atoms with E-state index in [1.54, 1.807) is 6.07 Å². The van der Waals surface area contributed by atoms with Crippen molar-refractivity contribution in [3.63, 3.8) is 0 Å². The lowest BCUT2D eigenvalue weighted by Gasteiger charge is -2.11. The number of nitrogens with zero attached hydrogens (tertiary/aromatic N) is 2. The van der Waals surface area contributed by atoms with Crippen molar-refractivity contribution < 1.29 is 9.59 Å². The molecule has 0 unspecified atom stereocenters. The zero-order valence-electron chi connectivity index (χ0n) is 15.8. The molecule has 0 saturated heterocycles. The van der Waals surface area contributed by atoms with E-state index in [-0.39, 0.29) is 11.8 Å². The molecular weight excluding hydrogens is 328 g/mol. The summed E-state index contributed by atoms with van der Waals surface area (Å²) >= 11 is 0. The van der Waals surface area contributed by atoms with Crippen LogP contribution in [0.5, 0.6) is 0 Å². The molecular formula is C20H26N4O2. The number of benzene rings is 1. The molecule has 2 amide bonds. The summed E-state index contributed by atoms with van der Waals surface area (Å²) in [6.45, 7) is 5.43. The molecule has 2 N–H and O–H groups in total. The number of aryl methyl sites for hydroxylation is 2. The maximum absolute atomic E-state index is 12.5. The van der Waals surface area contributed by atoms with Crippen LogP contribution in [0.4, 0.5) is 5.69 Å². The van der Waals surface area contributed by atoms with Gasteiger partial charge < -0.3 is 15.5 Å². The molecule has 0 fully saturated rings. The molecule has 138 valence electrons. The average molecular weight is 354 g/mol. The lowest BCUT2D eigenvalue weighted by atomic mass is 10.1. The van der Waals surface area contributed by atoms with Crippen LogP contribution in [0.25, 0.3) is 0 Å². The number of carbonyl (C=O) groups is 2. The second-order valence-electron chi connectivity index (χ2n) is 6.65. The van der Waals surface area contributed by atoms with Crippen LogP contribution in [-0.2, 0) is 0 Å². The first kappa shape index (κ1) is 19.6. The minimum absolute atomic E-state index is 0.225. The van der Waals surface area contributed by atoms with Gasteiger partial charge in [-0.25, -0.2) is 0 Å². The number of nitrogens with one attached hydrogen (secondary N) is 2. The number of rotatable bonds is 7. The van der Waals surface area contributed by atoms with Crippen molar-refractivity contribution >= 4 is 17.5 Å². The Labute approximate surface area is 154 Å². The van der Waals surface area contributed by atoms with Gasteiger partial charge in [0.05, 0.1) is 11.1 Å². The SMILES string of the molecule is Cc1ccc(NC(=O)c2cncc(C(=O)NCCCN(C)C)c2)c(C)c1. The van der Waals surface area contributed by atoms with Crippen LogP contribution in [0, 0.1) is 13.8 Å². The Morgan fingerprint density at radius 3 is 2.38 bits per heavy atom. The van der Waals surface area contributed by atoms with Crippen LogP contribution in [0.15, 0.2) is 36.7 Å². The molecule has 2 rings (SSSR count). The van der Waals surface area contributed by atoms with E-state index in [0.29, 0.717) is 17.7 Å². The fourth-order valence-electron chi connectivity index (χ4n) is 2.54. The van der Waals surface area contributed by atoms with Gasteiger partial charge in [-0.05, 0) is 58.6 Å². The zero-order valence-corrected chi connectivity index (χ0v) is 15.8. The molecule has 0 spiro atoms. The van der Waals surface area contributed by atoms with E-state index in [4.69, 9.17) is 0 Å². The van der Waals surface area contributed by atoms with Crippen LogP contribution in [-0.4, -0.2) is 48.9 Å². The molecule has 0 bridgehead atoms. The largest absolute Gasteiger partial charge is 0.352 e. The summed E-state index contributed by atoms with van der Waals surface area (Å²) in [4.78, 5) is 30.8. The average Bonchev–Trinajstić information content (AvgIpc) is 2.60. The molecule has 26 heavy (non-hydrogen) atoms. The summed E-state index contributed by atoms with van der Waals surface area (Å²) in [6, 6.07) is 7.38. The second kappa shape index (κ2) is 9.10. The van der Waals surface area contributed by atoms with Crippen molar-refractivity contribution in [2.75, 3.05) is 32.5 Å². The maximum atomic E-state index is 12.5. The lowest BCUT2D eigenvalue weighted by molar-refractivity contribution is 0.0952. The monoisotopic (exact) mass is 354 g/mol. The summed E-state index contributed by atoms with van der Waals surface area (Å²) in [5.41, 5.74) is 3.60. The highest BCUT2D eigenvalue weighted by atomic mass is 16.2. The topological polar surface area (TPSA) is 74.3 Å². The quantitative estimate of drug-likeness (QED) is 0.750. The minimum atomic E-state index is -0.285. The van der Waals surface area contributed by atoms with Crippen LogP contribution < -0.4 is 10.6 Å². The molecule has 0 atom stereocenters. The third-order valence-electron chi connectivity index (χ3n) is 3.96. The van der Waals surface area contributed by atoms with Crippen molar-refractivity contribution in [2.45, 2.75) is 20.3 Å². The van der Waals surface area contributed by atoms with Crippen molar-refractivity contribution in [1.29, 1.82) is 0 Å². The summed E-state index contributed by atoms with van der Waals surface area (Å²) in [5.74, 6) is -0.510. The lowest BCUT2D eigenvalue weighted by Crippen LogP contribution is -2.27. The van der Waals surface area contributed by atoms with Gasteiger partial charge in [-0.15, -0.1) is 0 Å². The van der Waals surface area contributed by atoms with Crippen LogP contribution >= 0.6 is 0 Å². The van der Waals surface area contributed by atoms with Gasteiger partial charge >= 0.3 is 0 Å². The van der Waals surface area contributed by atoms with Gasteiger partial charge in [0.2, 0.25) is 0 Å². The van der Waals surface area contributed by atoms with E-state index in [2.05, 4.69) is 20.5 Å². The van der Waals surface area contributed by atoms with Crippen molar-refractivity contribution in [3.8, 4) is 0 Å². The first-order valence-electron chi connectivity index (χ1n) is 8.63. The molecule has 1 heterocycles. The molecule has 0 saturated carbocycles. The van der Waals surface area contributed by atoms with Gasteiger partial charge in [0.15, 0.2) is 0 Å². The highest BCUT2D eigenvalue weighted by molar-refractivity contribution is 6.06. The summed E-state index contributed by atoms with van der Waals surface area (Å²) in [5, 5.41) is 5.72. The predicted molar refractivity (Wildman–Crippen MR) is 104 cm³/mol. The summed E-state index contributed by atoms with van der Waals surface area (Å²) in [7, 11) is 3.98. The molecule has 1 aromatic carbocycles. The molecule has 0 aliphatic carbocycles. The Balaban J connectivity index is 2.01. The molecule has 0 radical (unpaired) electrons. The molecule has 6 nitrogen and oxygen atoms in total. The Morgan fingerprint density at radius 2 is 1.73 bits per heavy atom. The van der Waals surface area contributed by atoms with Crippen molar-refractivity contribution in [2.24, 2.45) is 0 Å². The van der Waals surface area contributed by atoms with Crippen LogP contribution in [0.3, 0.4) is 0 Å². The number of carbonyl (C=O) groups excluding carboxylic acids is 2. The van der Waals surface area contributed by atoms with Gasteiger partial charge in [-0.1, -0.05) is 17.7 Å². The first-order valence-corrected chi connectivity index (χ1v) is 8.63. The third-order valence-corrected chi connectivity index (χ3v) is 3.96. The van der Waals surface area contributed by atoms with Gasteiger partial charge in [0.25, 0.3) is 11.8 Å². The Hall–Kier alpha value is -2.73. The van der Waals surface area contributed by atoms with Crippen molar-refractivity contribution in [1.82, 2.24) is 15.2 Å². The minimum Gasteiger partial charge on any atom is -0.352 e. The van der Waals surface area contributed by atoms with Gasteiger partial charge in [0.1, 0.15) is 0 Å². The van der Waals surface area contributed by atoms with E-state index in [9.17, 15) is 9.59 Å². The maximum Gasteiger partial charge on any atom is 0.257 e. The molecule has 1 aromatic heterocycles. The van der Waals surface area contributed by atoms with Crippen LogP contribution in [0.2, 0.25) is 0 Å².